The number of likely N-dealkylation sites (tertiary alicyclic amines) is 1. The van der Waals surface area contributed by atoms with E-state index in [9.17, 15) is 4.79 Å². The van der Waals surface area contributed by atoms with Crippen molar-refractivity contribution >= 4 is 5.91 Å². The third-order valence-electron chi connectivity index (χ3n) is 3.96. The molecule has 2 heterocycles. The van der Waals surface area contributed by atoms with Crippen LogP contribution in [0.2, 0.25) is 0 Å². The first-order valence-electron chi connectivity index (χ1n) is 7.40. The molecule has 1 aliphatic heterocycles. The number of hydrogen-bond acceptors (Lipinski definition) is 5. The van der Waals surface area contributed by atoms with Gasteiger partial charge in [0.25, 0.3) is 0 Å². The first-order chi connectivity index (χ1) is 10.7. The monoisotopic (exact) mass is 300 g/mol. The molecular weight excluding hydrogens is 280 g/mol. The van der Waals surface area contributed by atoms with E-state index in [-0.39, 0.29) is 19.0 Å². The van der Waals surface area contributed by atoms with Crippen LogP contribution in [0, 0.1) is 22.7 Å². The summed E-state index contributed by atoms with van der Waals surface area (Å²) >= 11 is 0. The third-order valence-corrected chi connectivity index (χ3v) is 3.96. The Hall–Kier alpha value is -2.38. The van der Waals surface area contributed by atoms with Crippen molar-refractivity contribution in [3.8, 4) is 12.1 Å². The largest absolute Gasteiger partial charge is 0.316 e. The second-order valence-corrected chi connectivity index (χ2v) is 5.46. The van der Waals surface area contributed by atoms with Gasteiger partial charge in [-0.3, -0.25) is 14.4 Å². The zero-order chi connectivity index (χ0) is 15.9. The second kappa shape index (κ2) is 7.58. The molecule has 1 fully saturated rings. The van der Waals surface area contributed by atoms with Crippen molar-refractivity contribution in [2.24, 2.45) is 7.05 Å². The molecule has 22 heavy (non-hydrogen) atoms. The molecule has 1 aromatic heterocycles. The minimum Gasteiger partial charge on any atom is -0.316 e. The Bertz CT molecular complexity index is 580. The Morgan fingerprint density at radius 2 is 2.18 bits per heavy atom. The zero-order valence-electron chi connectivity index (χ0n) is 12.8. The smallest absolute Gasteiger partial charge is 0.225 e. The van der Waals surface area contributed by atoms with Crippen LogP contribution >= 0.6 is 0 Å². The van der Waals surface area contributed by atoms with Crippen LogP contribution in [-0.2, 0) is 11.8 Å². The molecule has 1 atom stereocenters. The van der Waals surface area contributed by atoms with Gasteiger partial charge in [-0.1, -0.05) is 0 Å². The predicted molar refractivity (Wildman–Crippen MR) is 79.2 cm³/mol. The predicted octanol–water partition coefficient (Wildman–Crippen LogP) is 0.823. The number of hydrogen-bond donors (Lipinski definition) is 0. The molecule has 116 valence electrons. The molecule has 2 rings (SSSR count). The molecule has 0 aliphatic carbocycles. The van der Waals surface area contributed by atoms with Crippen LogP contribution in [0.3, 0.4) is 0 Å². The quantitative estimate of drug-likeness (QED) is 0.726. The van der Waals surface area contributed by atoms with E-state index in [1.54, 1.807) is 4.68 Å². The van der Waals surface area contributed by atoms with Crippen LogP contribution in [0.25, 0.3) is 0 Å². The molecule has 0 N–H and O–H groups in total. The van der Waals surface area contributed by atoms with Crippen molar-refractivity contribution < 1.29 is 4.79 Å². The van der Waals surface area contributed by atoms with E-state index < -0.39 is 0 Å². The first kappa shape index (κ1) is 16.0. The standard InChI is InChI=1S/C15H20N6O/c1-19-12-13(11-18-19)14-3-2-7-20(14)8-4-15(22)21(9-5-16)10-6-17/h11-12,14H,2-4,7-10H2,1H3/t14-/m0/s1. The van der Waals surface area contributed by atoms with Gasteiger partial charge in [-0.25, -0.2) is 0 Å². The van der Waals surface area contributed by atoms with Gasteiger partial charge in [0.05, 0.1) is 18.3 Å². The van der Waals surface area contributed by atoms with Crippen molar-refractivity contribution in [2.45, 2.75) is 25.3 Å². The fourth-order valence-corrected chi connectivity index (χ4v) is 2.88. The number of amides is 1. The highest BCUT2D eigenvalue weighted by atomic mass is 16.2. The lowest BCUT2D eigenvalue weighted by Crippen LogP contribution is -2.35. The Labute approximate surface area is 130 Å². The maximum Gasteiger partial charge on any atom is 0.225 e. The molecule has 0 bridgehead atoms. The van der Waals surface area contributed by atoms with E-state index in [0.717, 1.165) is 19.4 Å². The Morgan fingerprint density at radius 3 is 2.77 bits per heavy atom. The average Bonchev–Trinajstić information content (AvgIpc) is 3.12. The van der Waals surface area contributed by atoms with Gasteiger partial charge in [-0.05, 0) is 19.4 Å². The maximum absolute atomic E-state index is 12.1. The van der Waals surface area contributed by atoms with E-state index in [2.05, 4.69) is 10.00 Å². The number of carbonyl (C=O) groups is 1. The van der Waals surface area contributed by atoms with Gasteiger partial charge in [0.2, 0.25) is 5.91 Å². The second-order valence-electron chi connectivity index (χ2n) is 5.46. The summed E-state index contributed by atoms with van der Waals surface area (Å²) in [5, 5.41) is 21.6. The number of aryl methyl sites for hydroxylation is 1. The SMILES string of the molecule is Cn1cc([C@@H]2CCCN2CCC(=O)N(CC#N)CC#N)cn1. The van der Waals surface area contributed by atoms with Crippen molar-refractivity contribution in [1.82, 2.24) is 19.6 Å². The Balaban J connectivity index is 1.91. The minimum absolute atomic E-state index is 0.0293. The molecule has 1 amide bonds. The molecule has 0 aromatic carbocycles. The lowest BCUT2D eigenvalue weighted by atomic mass is 10.1. The van der Waals surface area contributed by atoms with Crippen LogP contribution < -0.4 is 0 Å². The molecule has 0 saturated carbocycles. The topological polar surface area (TPSA) is 89.0 Å². The Morgan fingerprint density at radius 1 is 1.45 bits per heavy atom. The summed E-state index contributed by atoms with van der Waals surface area (Å²) in [4.78, 5) is 15.7. The fourth-order valence-electron chi connectivity index (χ4n) is 2.88. The minimum atomic E-state index is -0.139. The molecule has 1 aliphatic rings. The highest BCUT2D eigenvalue weighted by Gasteiger charge is 2.27. The van der Waals surface area contributed by atoms with E-state index >= 15 is 0 Å². The average molecular weight is 300 g/mol. The van der Waals surface area contributed by atoms with E-state index in [4.69, 9.17) is 10.5 Å². The summed E-state index contributed by atoms with van der Waals surface area (Å²) < 4.78 is 1.79. The van der Waals surface area contributed by atoms with Crippen LogP contribution in [-0.4, -0.2) is 51.7 Å². The van der Waals surface area contributed by atoms with Crippen molar-refractivity contribution in [2.75, 3.05) is 26.2 Å². The summed E-state index contributed by atoms with van der Waals surface area (Å²) in [6, 6.07) is 4.16. The maximum atomic E-state index is 12.1. The highest BCUT2D eigenvalue weighted by Crippen LogP contribution is 2.31. The lowest BCUT2D eigenvalue weighted by molar-refractivity contribution is -0.130. The zero-order valence-corrected chi connectivity index (χ0v) is 12.8. The Kier molecular flexibility index (Phi) is 5.51. The molecule has 1 aromatic rings. The summed E-state index contributed by atoms with van der Waals surface area (Å²) in [6.07, 6.45) is 6.40. The van der Waals surface area contributed by atoms with E-state index in [1.165, 1.54) is 10.5 Å². The van der Waals surface area contributed by atoms with E-state index in [0.29, 0.717) is 19.0 Å². The molecule has 0 unspecified atom stereocenters. The van der Waals surface area contributed by atoms with Crippen LogP contribution in [0.5, 0.6) is 0 Å². The van der Waals surface area contributed by atoms with Gasteiger partial charge in [-0.2, -0.15) is 15.6 Å². The summed E-state index contributed by atoms with van der Waals surface area (Å²) in [6.45, 7) is 1.55. The third kappa shape index (κ3) is 3.84. The molecule has 1 saturated heterocycles. The molecule has 0 radical (unpaired) electrons. The normalized spacial score (nSPS) is 17.9. The van der Waals surface area contributed by atoms with Gasteiger partial charge < -0.3 is 4.90 Å². The van der Waals surface area contributed by atoms with Crippen LogP contribution in [0.4, 0.5) is 0 Å². The number of nitrogens with zero attached hydrogens (tertiary/aromatic N) is 6. The highest BCUT2D eigenvalue weighted by molar-refractivity contribution is 5.76. The van der Waals surface area contributed by atoms with Crippen LogP contribution in [0.1, 0.15) is 30.9 Å². The molecule has 7 heteroatoms. The number of aromatic nitrogens is 2. The van der Waals surface area contributed by atoms with Crippen molar-refractivity contribution in [3.63, 3.8) is 0 Å². The van der Waals surface area contributed by atoms with Gasteiger partial charge in [0.1, 0.15) is 13.1 Å². The van der Waals surface area contributed by atoms with E-state index in [1.807, 2.05) is 31.6 Å². The van der Waals surface area contributed by atoms with Gasteiger partial charge in [0.15, 0.2) is 0 Å². The fraction of sp³-hybridized carbons (Fsp3) is 0.600. The summed E-state index contributed by atoms with van der Waals surface area (Å²) in [5.74, 6) is -0.139. The number of nitriles is 2. The number of rotatable bonds is 6. The summed E-state index contributed by atoms with van der Waals surface area (Å²) in [5.41, 5.74) is 1.18. The van der Waals surface area contributed by atoms with Gasteiger partial charge >= 0.3 is 0 Å². The first-order valence-corrected chi connectivity index (χ1v) is 7.40. The number of carbonyl (C=O) groups excluding carboxylic acids is 1. The summed E-state index contributed by atoms with van der Waals surface area (Å²) in [7, 11) is 1.90. The van der Waals surface area contributed by atoms with Crippen molar-refractivity contribution in [1.29, 1.82) is 10.5 Å². The van der Waals surface area contributed by atoms with Crippen LogP contribution in [0.15, 0.2) is 12.4 Å². The molecule has 7 nitrogen and oxygen atoms in total. The van der Waals surface area contributed by atoms with Gasteiger partial charge in [0, 0.05) is 37.8 Å². The van der Waals surface area contributed by atoms with Gasteiger partial charge in [-0.15, -0.1) is 0 Å². The molecule has 0 spiro atoms. The molecular formula is C15H20N6O. The van der Waals surface area contributed by atoms with Crippen molar-refractivity contribution in [3.05, 3.63) is 18.0 Å². The lowest BCUT2D eigenvalue weighted by Gasteiger charge is -2.24.